The number of rotatable bonds is 3. The average molecular weight is 354 g/mol. The van der Waals surface area contributed by atoms with E-state index in [1.807, 2.05) is 6.07 Å². The van der Waals surface area contributed by atoms with Gasteiger partial charge in [-0.25, -0.2) is 0 Å². The van der Waals surface area contributed by atoms with Crippen LogP contribution in [-0.2, 0) is 6.42 Å². The molecule has 0 N–H and O–H groups in total. The van der Waals surface area contributed by atoms with Crippen molar-refractivity contribution in [2.75, 3.05) is 5.88 Å². The lowest BCUT2D eigenvalue weighted by Gasteiger charge is -2.01. The number of nitrogens with zero attached hydrogens (tertiary/aromatic N) is 2. The molecule has 0 amide bonds. The van der Waals surface area contributed by atoms with Crippen LogP contribution in [0.5, 0.6) is 0 Å². The van der Waals surface area contributed by atoms with Gasteiger partial charge in [0.1, 0.15) is 10.0 Å². The maximum absolute atomic E-state index is 5.72. The zero-order valence-electron chi connectivity index (χ0n) is 9.94. The Kier molecular flexibility index (Phi) is 3.82. The van der Waals surface area contributed by atoms with Crippen molar-refractivity contribution in [2.45, 2.75) is 6.42 Å². The monoisotopic (exact) mass is 352 g/mol. The SMILES string of the molecule is ClCCc1nnc(-c2ccc3cc(Br)ccc3c2)s1. The van der Waals surface area contributed by atoms with E-state index in [0.29, 0.717) is 5.88 Å². The van der Waals surface area contributed by atoms with Gasteiger partial charge in [0.15, 0.2) is 0 Å². The lowest BCUT2D eigenvalue weighted by atomic mass is 10.1. The molecule has 0 saturated carbocycles. The van der Waals surface area contributed by atoms with Crippen molar-refractivity contribution in [3.8, 4) is 10.6 Å². The van der Waals surface area contributed by atoms with E-state index < -0.39 is 0 Å². The topological polar surface area (TPSA) is 25.8 Å². The second-order valence-corrected chi connectivity index (χ2v) is 6.50. The molecule has 0 aliphatic carbocycles. The first-order valence-corrected chi connectivity index (χ1v) is 7.99. The fraction of sp³-hybridized carbons (Fsp3) is 0.143. The molecular weight excluding hydrogens is 344 g/mol. The third-order valence-electron chi connectivity index (χ3n) is 2.82. The number of benzene rings is 2. The highest BCUT2D eigenvalue weighted by molar-refractivity contribution is 9.10. The smallest absolute Gasteiger partial charge is 0.143 e. The maximum Gasteiger partial charge on any atom is 0.147 e. The van der Waals surface area contributed by atoms with E-state index in [0.717, 1.165) is 26.5 Å². The highest BCUT2D eigenvalue weighted by Gasteiger charge is 2.07. The number of hydrogen-bond acceptors (Lipinski definition) is 3. The molecular formula is C14H10BrClN2S. The summed E-state index contributed by atoms with van der Waals surface area (Å²) in [5.41, 5.74) is 1.10. The number of aromatic nitrogens is 2. The Morgan fingerprint density at radius 1 is 1.05 bits per heavy atom. The van der Waals surface area contributed by atoms with Crippen LogP contribution in [0.3, 0.4) is 0 Å². The molecule has 0 aliphatic rings. The van der Waals surface area contributed by atoms with Crippen molar-refractivity contribution >= 4 is 49.6 Å². The van der Waals surface area contributed by atoms with E-state index in [1.165, 1.54) is 10.8 Å². The van der Waals surface area contributed by atoms with Gasteiger partial charge < -0.3 is 0 Å². The molecule has 0 saturated heterocycles. The minimum absolute atomic E-state index is 0.584. The molecule has 1 aromatic heterocycles. The van der Waals surface area contributed by atoms with E-state index >= 15 is 0 Å². The zero-order valence-corrected chi connectivity index (χ0v) is 13.1. The first-order chi connectivity index (χ1) is 9.26. The van der Waals surface area contributed by atoms with E-state index in [1.54, 1.807) is 11.3 Å². The normalized spacial score (nSPS) is 11.1. The van der Waals surface area contributed by atoms with Crippen LogP contribution in [0, 0.1) is 0 Å². The summed E-state index contributed by atoms with van der Waals surface area (Å²) in [5.74, 6) is 0.584. The number of hydrogen-bond donors (Lipinski definition) is 0. The quantitative estimate of drug-likeness (QED) is 0.626. The van der Waals surface area contributed by atoms with Gasteiger partial charge in [0, 0.05) is 22.3 Å². The average Bonchev–Trinajstić information content (AvgIpc) is 2.87. The molecule has 0 aliphatic heterocycles. The van der Waals surface area contributed by atoms with Crippen molar-refractivity contribution in [1.82, 2.24) is 10.2 Å². The maximum atomic E-state index is 5.72. The standard InChI is InChI=1S/C14H10BrClN2S/c15-12-4-3-9-7-11(2-1-10(9)8-12)14-18-17-13(19-14)5-6-16/h1-4,7-8H,5-6H2. The largest absolute Gasteiger partial charge is 0.147 e. The highest BCUT2D eigenvalue weighted by atomic mass is 79.9. The lowest BCUT2D eigenvalue weighted by molar-refractivity contribution is 0.990. The first-order valence-electron chi connectivity index (χ1n) is 5.84. The Bertz CT molecular complexity index is 726. The molecule has 1 heterocycles. The second kappa shape index (κ2) is 5.57. The predicted molar refractivity (Wildman–Crippen MR) is 85.0 cm³/mol. The Morgan fingerprint density at radius 3 is 2.68 bits per heavy atom. The highest BCUT2D eigenvalue weighted by Crippen LogP contribution is 2.28. The molecule has 3 aromatic rings. The van der Waals surface area contributed by atoms with Crippen LogP contribution in [0.25, 0.3) is 21.3 Å². The predicted octanol–water partition coefficient (Wildman–Crippen LogP) is 4.90. The summed E-state index contributed by atoms with van der Waals surface area (Å²) in [7, 11) is 0. The van der Waals surface area contributed by atoms with Gasteiger partial charge in [0.25, 0.3) is 0 Å². The molecule has 19 heavy (non-hydrogen) atoms. The molecule has 3 rings (SSSR count). The Labute approximate surface area is 128 Å². The van der Waals surface area contributed by atoms with Crippen molar-refractivity contribution in [1.29, 1.82) is 0 Å². The van der Waals surface area contributed by atoms with Crippen LogP contribution in [0.4, 0.5) is 0 Å². The van der Waals surface area contributed by atoms with E-state index in [4.69, 9.17) is 11.6 Å². The van der Waals surface area contributed by atoms with Crippen LogP contribution in [0.1, 0.15) is 5.01 Å². The summed E-state index contributed by atoms with van der Waals surface area (Å²) in [6, 6.07) is 12.6. The number of aryl methyl sites for hydroxylation is 1. The molecule has 0 radical (unpaired) electrons. The number of alkyl halides is 1. The van der Waals surface area contributed by atoms with Gasteiger partial charge in [0.2, 0.25) is 0 Å². The fourth-order valence-electron chi connectivity index (χ4n) is 1.90. The van der Waals surface area contributed by atoms with Gasteiger partial charge in [-0.1, -0.05) is 45.5 Å². The summed E-state index contributed by atoms with van der Waals surface area (Å²) in [6.45, 7) is 0. The van der Waals surface area contributed by atoms with Crippen molar-refractivity contribution in [2.24, 2.45) is 0 Å². The Balaban J connectivity index is 2.02. The van der Waals surface area contributed by atoms with E-state index in [-0.39, 0.29) is 0 Å². The molecule has 0 unspecified atom stereocenters. The Hall–Kier alpha value is -0.970. The minimum atomic E-state index is 0.584. The van der Waals surface area contributed by atoms with Gasteiger partial charge in [0.05, 0.1) is 0 Å². The van der Waals surface area contributed by atoms with Crippen LogP contribution >= 0.6 is 38.9 Å². The molecule has 0 atom stereocenters. The number of halogens is 2. The fourth-order valence-corrected chi connectivity index (χ4v) is 3.41. The molecule has 96 valence electrons. The van der Waals surface area contributed by atoms with Crippen LogP contribution in [-0.4, -0.2) is 16.1 Å². The van der Waals surface area contributed by atoms with E-state index in [2.05, 4.69) is 56.5 Å². The molecule has 0 spiro atoms. The van der Waals surface area contributed by atoms with Crippen molar-refractivity contribution in [3.63, 3.8) is 0 Å². The third kappa shape index (κ3) is 2.81. The van der Waals surface area contributed by atoms with Crippen LogP contribution < -0.4 is 0 Å². The van der Waals surface area contributed by atoms with Gasteiger partial charge in [-0.3, -0.25) is 0 Å². The minimum Gasteiger partial charge on any atom is -0.143 e. The summed E-state index contributed by atoms with van der Waals surface area (Å²) in [6.07, 6.45) is 0.778. The van der Waals surface area contributed by atoms with E-state index in [9.17, 15) is 0 Å². The summed E-state index contributed by atoms with van der Waals surface area (Å²) in [5, 5.41) is 12.7. The van der Waals surface area contributed by atoms with Crippen molar-refractivity contribution < 1.29 is 0 Å². The lowest BCUT2D eigenvalue weighted by Crippen LogP contribution is -1.83. The van der Waals surface area contributed by atoms with Crippen LogP contribution in [0.2, 0.25) is 0 Å². The Morgan fingerprint density at radius 2 is 1.84 bits per heavy atom. The summed E-state index contributed by atoms with van der Waals surface area (Å²) < 4.78 is 1.09. The molecule has 5 heteroatoms. The van der Waals surface area contributed by atoms with Gasteiger partial charge in [-0.2, -0.15) is 0 Å². The van der Waals surface area contributed by atoms with Gasteiger partial charge in [-0.15, -0.1) is 21.8 Å². The second-order valence-electron chi connectivity index (χ2n) is 4.15. The van der Waals surface area contributed by atoms with Crippen LogP contribution in [0.15, 0.2) is 40.9 Å². The molecule has 2 nitrogen and oxygen atoms in total. The molecule has 0 fully saturated rings. The number of fused-ring (bicyclic) bond motifs is 1. The molecule has 0 bridgehead atoms. The summed E-state index contributed by atoms with van der Waals surface area (Å²) >= 11 is 10.8. The molecule has 2 aromatic carbocycles. The zero-order chi connectivity index (χ0) is 13.2. The third-order valence-corrected chi connectivity index (χ3v) is 4.54. The summed E-state index contributed by atoms with van der Waals surface area (Å²) in [4.78, 5) is 0. The first kappa shape index (κ1) is 13.0. The van der Waals surface area contributed by atoms with Gasteiger partial charge >= 0.3 is 0 Å². The van der Waals surface area contributed by atoms with Gasteiger partial charge in [-0.05, 0) is 29.0 Å². The van der Waals surface area contributed by atoms with Crippen molar-refractivity contribution in [3.05, 3.63) is 45.9 Å².